The monoisotopic (exact) mass is 220 g/mol. The molecule has 16 heavy (non-hydrogen) atoms. The molecule has 1 rings (SSSR count). The first-order valence-corrected chi connectivity index (χ1v) is 7.00. The van der Waals surface area contributed by atoms with Crippen LogP contribution in [0.15, 0.2) is 24.8 Å². The van der Waals surface area contributed by atoms with Gasteiger partial charge in [-0.1, -0.05) is 64.2 Å². The lowest BCUT2D eigenvalue weighted by atomic mass is 9.86. The highest BCUT2D eigenvalue weighted by Gasteiger charge is 2.33. The average molecular weight is 220 g/mol. The average Bonchev–Trinajstić information content (AvgIpc) is 2.53. The minimum Gasteiger partial charge on any atom is -0.103 e. The molecule has 0 radical (unpaired) electrons. The molecule has 0 spiro atoms. The Morgan fingerprint density at radius 1 is 1.25 bits per heavy atom. The van der Waals surface area contributed by atoms with Crippen molar-refractivity contribution in [3.05, 3.63) is 24.8 Å². The first kappa shape index (κ1) is 13.5. The van der Waals surface area contributed by atoms with Crippen molar-refractivity contribution < 1.29 is 0 Å². The van der Waals surface area contributed by atoms with Crippen LogP contribution >= 0.6 is 0 Å². The molecule has 0 bridgehead atoms. The smallest absolute Gasteiger partial charge is 0.0140 e. The van der Waals surface area contributed by atoms with Gasteiger partial charge >= 0.3 is 0 Å². The summed E-state index contributed by atoms with van der Waals surface area (Å²) in [5.74, 6) is 2.19. The van der Waals surface area contributed by atoms with Gasteiger partial charge in [-0.15, -0.1) is 6.58 Å². The van der Waals surface area contributed by atoms with Gasteiger partial charge in [0, 0.05) is 0 Å². The predicted molar refractivity (Wildman–Crippen MR) is 73.5 cm³/mol. The lowest BCUT2D eigenvalue weighted by Gasteiger charge is -2.19. The maximum absolute atomic E-state index is 4.25. The second-order valence-corrected chi connectivity index (χ2v) is 5.46. The Bertz CT molecular complexity index is 226. The maximum Gasteiger partial charge on any atom is -0.0140 e. The summed E-state index contributed by atoms with van der Waals surface area (Å²) < 4.78 is 0. The highest BCUT2D eigenvalue weighted by molar-refractivity contribution is 5.14. The SMILES string of the molecule is C=CC1[C@H](C)CC(=C)[C@@H]1CCCCCCC. The maximum atomic E-state index is 4.25. The van der Waals surface area contributed by atoms with Crippen LogP contribution in [0, 0.1) is 17.8 Å². The van der Waals surface area contributed by atoms with Crippen molar-refractivity contribution >= 4 is 0 Å². The zero-order valence-corrected chi connectivity index (χ0v) is 11.2. The third-order valence-corrected chi connectivity index (χ3v) is 4.12. The Hall–Kier alpha value is -0.520. The molecule has 92 valence electrons. The van der Waals surface area contributed by atoms with Gasteiger partial charge in [0.2, 0.25) is 0 Å². The van der Waals surface area contributed by atoms with Crippen molar-refractivity contribution in [2.45, 2.75) is 58.8 Å². The fraction of sp³-hybridized carbons (Fsp3) is 0.750. The summed E-state index contributed by atoms with van der Waals surface area (Å²) in [6.07, 6.45) is 11.6. The lowest BCUT2D eigenvalue weighted by Crippen LogP contribution is -2.10. The summed E-state index contributed by atoms with van der Waals surface area (Å²) in [5.41, 5.74) is 1.48. The Kier molecular flexibility index (Phi) is 5.87. The van der Waals surface area contributed by atoms with Crippen LogP contribution in [0.5, 0.6) is 0 Å². The second-order valence-electron chi connectivity index (χ2n) is 5.46. The van der Waals surface area contributed by atoms with E-state index in [0.717, 1.165) is 11.8 Å². The lowest BCUT2D eigenvalue weighted by molar-refractivity contribution is 0.384. The van der Waals surface area contributed by atoms with Crippen LogP contribution in [-0.4, -0.2) is 0 Å². The minimum atomic E-state index is 0.693. The third-order valence-electron chi connectivity index (χ3n) is 4.12. The number of hydrogen-bond donors (Lipinski definition) is 0. The van der Waals surface area contributed by atoms with Crippen molar-refractivity contribution in [3.8, 4) is 0 Å². The van der Waals surface area contributed by atoms with Crippen LogP contribution in [0.1, 0.15) is 58.8 Å². The fourth-order valence-corrected chi connectivity index (χ4v) is 3.13. The molecule has 3 atom stereocenters. The molecular weight excluding hydrogens is 192 g/mol. The van der Waals surface area contributed by atoms with E-state index in [1.54, 1.807) is 0 Å². The van der Waals surface area contributed by atoms with Crippen molar-refractivity contribution in [2.24, 2.45) is 17.8 Å². The van der Waals surface area contributed by atoms with Crippen molar-refractivity contribution in [1.29, 1.82) is 0 Å². The normalized spacial score (nSPS) is 29.6. The molecule has 0 heteroatoms. The first-order valence-electron chi connectivity index (χ1n) is 7.00. The molecule has 0 aliphatic heterocycles. The van der Waals surface area contributed by atoms with Gasteiger partial charge in [-0.25, -0.2) is 0 Å². The van der Waals surface area contributed by atoms with E-state index in [2.05, 4.69) is 33.1 Å². The zero-order chi connectivity index (χ0) is 12.0. The Labute approximate surface area is 102 Å². The van der Waals surface area contributed by atoms with Crippen LogP contribution in [0.3, 0.4) is 0 Å². The first-order chi connectivity index (χ1) is 7.70. The number of allylic oxidation sites excluding steroid dienone is 2. The Balaban J connectivity index is 2.29. The van der Waals surface area contributed by atoms with E-state index < -0.39 is 0 Å². The Morgan fingerprint density at radius 2 is 1.94 bits per heavy atom. The molecule has 0 aromatic heterocycles. The predicted octanol–water partition coefficient (Wildman–Crippen LogP) is 5.36. The van der Waals surface area contributed by atoms with Crippen LogP contribution in [0.2, 0.25) is 0 Å². The summed E-state index contributed by atoms with van der Waals surface area (Å²) in [6, 6.07) is 0. The quantitative estimate of drug-likeness (QED) is 0.400. The largest absolute Gasteiger partial charge is 0.103 e. The number of rotatable bonds is 7. The molecular formula is C16H28. The number of unbranched alkanes of at least 4 members (excludes halogenated alkanes) is 4. The summed E-state index contributed by atoms with van der Waals surface area (Å²) in [7, 11) is 0. The van der Waals surface area contributed by atoms with Gasteiger partial charge in [0.1, 0.15) is 0 Å². The molecule has 1 saturated carbocycles. The van der Waals surface area contributed by atoms with Crippen molar-refractivity contribution in [1.82, 2.24) is 0 Å². The molecule has 0 aromatic rings. The minimum absolute atomic E-state index is 0.693. The molecule has 0 saturated heterocycles. The highest BCUT2D eigenvalue weighted by Crippen LogP contribution is 2.43. The summed E-state index contributed by atoms with van der Waals surface area (Å²) in [5, 5.41) is 0. The van der Waals surface area contributed by atoms with E-state index >= 15 is 0 Å². The second kappa shape index (κ2) is 6.93. The zero-order valence-electron chi connectivity index (χ0n) is 11.2. The topological polar surface area (TPSA) is 0 Å². The Morgan fingerprint density at radius 3 is 2.56 bits per heavy atom. The molecule has 0 nitrogen and oxygen atoms in total. The number of hydrogen-bond acceptors (Lipinski definition) is 0. The van der Waals surface area contributed by atoms with Gasteiger partial charge in [0.25, 0.3) is 0 Å². The van der Waals surface area contributed by atoms with E-state index in [1.165, 1.54) is 50.5 Å². The van der Waals surface area contributed by atoms with E-state index in [4.69, 9.17) is 0 Å². The summed E-state index contributed by atoms with van der Waals surface area (Å²) in [4.78, 5) is 0. The van der Waals surface area contributed by atoms with Gasteiger partial charge in [0.15, 0.2) is 0 Å². The molecule has 1 aliphatic carbocycles. The summed E-state index contributed by atoms with van der Waals surface area (Å²) >= 11 is 0. The van der Waals surface area contributed by atoms with Crippen LogP contribution < -0.4 is 0 Å². The standard InChI is InChI=1S/C16H28/c1-5-7-8-9-10-11-16-14(4)12-13(3)15(16)6-2/h6,13,15-16H,2,4-5,7-12H2,1,3H3/t13-,15?,16+/m1/s1. The van der Waals surface area contributed by atoms with Gasteiger partial charge in [-0.3, -0.25) is 0 Å². The van der Waals surface area contributed by atoms with E-state index in [9.17, 15) is 0 Å². The molecule has 0 amide bonds. The third kappa shape index (κ3) is 3.50. The van der Waals surface area contributed by atoms with Crippen LogP contribution in [0.4, 0.5) is 0 Å². The van der Waals surface area contributed by atoms with Gasteiger partial charge in [0.05, 0.1) is 0 Å². The fourth-order valence-electron chi connectivity index (χ4n) is 3.13. The highest BCUT2D eigenvalue weighted by atomic mass is 14.4. The molecule has 1 aliphatic rings. The molecule has 1 unspecified atom stereocenters. The molecule has 0 N–H and O–H groups in total. The van der Waals surface area contributed by atoms with Gasteiger partial charge < -0.3 is 0 Å². The van der Waals surface area contributed by atoms with Crippen LogP contribution in [-0.2, 0) is 0 Å². The van der Waals surface area contributed by atoms with Gasteiger partial charge in [-0.05, 0) is 30.6 Å². The van der Waals surface area contributed by atoms with E-state index in [1.807, 2.05) is 0 Å². The van der Waals surface area contributed by atoms with E-state index in [-0.39, 0.29) is 0 Å². The van der Waals surface area contributed by atoms with Gasteiger partial charge in [-0.2, -0.15) is 0 Å². The molecule has 0 aromatic carbocycles. The van der Waals surface area contributed by atoms with Crippen molar-refractivity contribution in [2.75, 3.05) is 0 Å². The van der Waals surface area contributed by atoms with Crippen molar-refractivity contribution in [3.63, 3.8) is 0 Å². The van der Waals surface area contributed by atoms with Crippen LogP contribution in [0.25, 0.3) is 0 Å². The molecule has 1 fully saturated rings. The summed E-state index contributed by atoms with van der Waals surface area (Å²) in [6.45, 7) is 12.9. The van der Waals surface area contributed by atoms with E-state index in [0.29, 0.717) is 5.92 Å². The molecule has 0 heterocycles.